The van der Waals surface area contributed by atoms with Gasteiger partial charge in [-0.05, 0) is 18.6 Å². The van der Waals surface area contributed by atoms with Crippen LogP contribution in [-0.4, -0.2) is 9.97 Å². The van der Waals surface area contributed by atoms with Gasteiger partial charge in [-0.1, -0.05) is 13.0 Å². The Balaban J connectivity index is 2.46. The number of halogens is 1. The van der Waals surface area contributed by atoms with Crippen LogP contribution >= 0.6 is 0 Å². The topological polar surface area (TPSA) is 99.7 Å². The van der Waals surface area contributed by atoms with Crippen LogP contribution in [0.25, 0.3) is 0 Å². The van der Waals surface area contributed by atoms with Crippen molar-refractivity contribution < 1.29 is 4.39 Å². The molecule has 2 rings (SSSR count). The Morgan fingerprint density at radius 1 is 1.35 bits per heavy atom. The van der Waals surface area contributed by atoms with Gasteiger partial charge in [-0.2, -0.15) is 5.26 Å². The van der Waals surface area contributed by atoms with Crippen LogP contribution in [0.2, 0.25) is 0 Å². The van der Waals surface area contributed by atoms with Crippen molar-refractivity contribution >= 4 is 17.3 Å². The Kier molecular flexibility index (Phi) is 4.08. The van der Waals surface area contributed by atoms with Crippen LogP contribution in [0.5, 0.6) is 0 Å². The summed E-state index contributed by atoms with van der Waals surface area (Å²) in [5.41, 5.74) is 3.53. The number of nitrogens with zero attached hydrogens (tertiary/aromatic N) is 3. The first-order valence-corrected chi connectivity index (χ1v) is 5.97. The predicted octanol–water partition coefficient (Wildman–Crippen LogP) is 2.08. The van der Waals surface area contributed by atoms with Crippen molar-refractivity contribution in [3.63, 3.8) is 0 Å². The molecule has 0 amide bonds. The van der Waals surface area contributed by atoms with E-state index in [0.29, 0.717) is 23.7 Å². The number of anilines is 3. The Labute approximate surface area is 115 Å². The molecule has 0 saturated carbocycles. The van der Waals surface area contributed by atoms with Crippen molar-refractivity contribution in [1.82, 2.24) is 9.97 Å². The lowest BCUT2D eigenvalue weighted by Gasteiger charge is -2.13. The second-order valence-electron chi connectivity index (χ2n) is 3.95. The fourth-order valence-corrected chi connectivity index (χ4v) is 1.85. The molecule has 0 aliphatic carbocycles. The van der Waals surface area contributed by atoms with Crippen LogP contribution in [0, 0.1) is 17.1 Å². The lowest BCUT2D eigenvalue weighted by molar-refractivity contribution is 0.624. The second kappa shape index (κ2) is 5.95. The molecule has 0 spiro atoms. The molecule has 4 N–H and O–H groups in total. The third-order valence-corrected chi connectivity index (χ3v) is 2.81. The maximum absolute atomic E-state index is 13.6. The Bertz CT molecular complexity index is 664. The summed E-state index contributed by atoms with van der Waals surface area (Å²) in [6, 6.07) is 6.19. The number of nitrogens with one attached hydrogen (secondary N) is 2. The van der Waals surface area contributed by atoms with Crippen molar-refractivity contribution in [1.29, 1.82) is 5.26 Å². The fourth-order valence-electron chi connectivity index (χ4n) is 1.85. The number of benzene rings is 1. The first kappa shape index (κ1) is 13.7. The van der Waals surface area contributed by atoms with Crippen molar-refractivity contribution in [3.05, 3.63) is 41.5 Å². The maximum Gasteiger partial charge on any atom is 0.148 e. The number of hydrogen-bond donors (Lipinski definition) is 3. The number of nitrogens with two attached hydrogens (primary N) is 1. The van der Waals surface area contributed by atoms with Crippen LogP contribution in [-0.2, 0) is 6.42 Å². The summed E-state index contributed by atoms with van der Waals surface area (Å²) in [6.45, 7) is 1.92. The van der Waals surface area contributed by atoms with Gasteiger partial charge in [0.25, 0.3) is 0 Å². The van der Waals surface area contributed by atoms with Gasteiger partial charge in [0, 0.05) is 5.56 Å². The lowest BCUT2D eigenvalue weighted by Crippen LogP contribution is -2.13. The number of nitriles is 1. The molecule has 0 aliphatic heterocycles. The summed E-state index contributed by atoms with van der Waals surface area (Å²) >= 11 is 0. The fraction of sp³-hybridized carbons (Fsp3) is 0.154. The number of hydrazine groups is 1. The summed E-state index contributed by atoms with van der Waals surface area (Å²) in [5.74, 6) is 5.78. The molecular weight excluding hydrogens is 259 g/mol. The highest BCUT2D eigenvalue weighted by atomic mass is 19.1. The number of aromatic nitrogens is 2. The Morgan fingerprint density at radius 2 is 2.10 bits per heavy atom. The van der Waals surface area contributed by atoms with E-state index in [2.05, 4.69) is 20.7 Å². The molecular formula is C13H13FN6. The summed E-state index contributed by atoms with van der Waals surface area (Å²) in [6.07, 6.45) is 1.96. The molecule has 0 saturated heterocycles. The highest BCUT2D eigenvalue weighted by Gasteiger charge is 2.12. The largest absolute Gasteiger partial charge is 0.339 e. The summed E-state index contributed by atoms with van der Waals surface area (Å²) in [4.78, 5) is 8.11. The molecule has 6 nitrogen and oxygen atoms in total. The zero-order chi connectivity index (χ0) is 14.5. The third kappa shape index (κ3) is 2.50. The smallest absolute Gasteiger partial charge is 0.148 e. The van der Waals surface area contributed by atoms with Crippen LogP contribution in [0.3, 0.4) is 0 Å². The molecule has 7 heteroatoms. The average Bonchev–Trinajstić information content (AvgIpc) is 2.47. The minimum atomic E-state index is -0.582. The average molecular weight is 272 g/mol. The van der Waals surface area contributed by atoms with Crippen LogP contribution in [0.15, 0.2) is 24.5 Å². The summed E-state index contributed by atoms with van der Waals surface area (Å²) in [7, 11) is 0. The number of rotatable bonds is 4. The van der Waals surface area contributed by atoms with Crippen molar-refractivity contribution in [3.8, 4) is 6.07 Å². The van der Waals surface area contributed by atoms with Crippen LogP contribution in [0.1, 0.15) is 18.1 Å². The van der Waals surface area contributed by atoms with Gasteiger partial charge in [-0.25, -0.2) is 20.2 Å². The Morgan fingerprint density at radius 3 is 2.75 bits per heavy atom. The molecule has 0 unspecified atom stereocenters. The van der Waals surface area contributed by atoms with E-state index in [0.717, 1.165) is 5.56 Å². The number of nitrogen functional groups attached to an aromatic ring is 1. The Hall–Kier alpha value is -2.72. The van der Waals surface area contributed by atoms with Gasteiger partial charge in [-0.3, -0.25) is 0 Å². The monoisotopic (exact) mass is 272 g/mol. The molecule has 2 aromatic rings. The minimum Gasteiger partial charge on any atom is -0.339 e. The molecule has 1 aromatic heterocycles. The van der Waals surface area contributed by atoms with Gasteiger partial charge in [0.15, 0.2) is 0 Å². The number of hydrogen-bond acceptors (Lipinski definition) is 6. The van der Waals surface area contributed by atoms with E-state index >= 15 is 0 Å². The zero-order valence-electron chi connectivity index (χ0n) is 10.8. The van der Waals surface area contributed by atoms with Crippen molar-refractivity contribution in [2.24, 2.45) is 5.84 Å². The molecule has 1 aromatic carbocycles. The van der Waals surface area contributed by atoms with Gasteiger partial charge < -0.3 is 10.7 Å². The van der Waals surface area contributed by atoms with E-state index in [1.807, 2.05) is 13.0 Å². The van der Waals surface area contributed by atoms with Crippen LogP contribution < -0.4 is 16.6 Å². The standard InChI is InChI=1S/C13H13FN6/c1-2-8-12(17-7-18-13(8)20-16)19-11-5-3-4-10(14)9(11)6-15/h3-5,7H,2,16H2,1H3,(H2,17,18,19,20). The van der Waals surface area contributed by atoms with Gasteiger partial charge in [0.05, 0.1) is 5.69 Å². The van der Waals surface area contributed by atoms with E-state index in [-0.39, 0.29) is 5.56 Å². The zero-order valence-corrected chi connectivity index (χ0v) is 10.8. The van der Waals surface area contributed by atoms with Crippen molar-refractivity contribution in [2.45, 2.75) is 13.3 Å². The maximum atomic E-state index is 13.6. The minimum absolute atomic E-state index is 0.0598. The van der Waals surface area contributed by atoms with Gasteiger partial charge in [0.2, 0.25) is 0 Å². The quantitative estimate of drug-likeness (QED) is 0.582. The van der Waals surface area contributed by atoms with Crippen LogP contribution in [0.4, 0.5) is 21.7 Å². The molecule has 0 aliphatic rings. The summed E-state index contributed by atoms with van der Waals surface area (Å²) < 4.78 is 13.6. The third-order valence-electron chi connectivity index (χ3n) is 2.81. The normalized spacial score (nSPS) is 9.90. The molecule has 0 radical (unpaired) electrons. The van der Waals surface area contributed by atoms with E-state index in [1.54, 1.807) is 6.07 Å². The predicted molar refractivity (Wildman–Crippen MR) is 73.6 cm³/mol. The molecule has 1 heterocycles. The molecule has 0 fully saturated rings. The molecule has 102 valence electrons. The highest BCUT2D eigenvalue weighted by molar-refractivity contribution is 5.69. The summed E-state index contributed by atoms with van der Waals surface area (Å²) in [5, 5.41) is 12.0. The van der Waals surface area contributed by atoms with Crippen molar-refractivity contribution in [2.75, 3.05) is 10.7 Å². The van der Waals surface area contributed by atoms with Gasteiger partial charge in [0.1, 0.15) is 35.4 Å². The molecule has 20 heavy (non-hydrogen) atoms. The van der Waals surface area contributed by atoms with E-state index < -0.39 is 5.82 Å². The lowest BCUT2D eigenvalue weighted by atomic mass is 10.1. The SMILES string of the molecule is CCc1c(NN)ncnc1Nc1cccc(F)c1C#N. The van der Waals surface area contributed by atoms with Gasteiger partial charge in [-0.15, -0.1) is 0 Å². The second-order valence-corrected chi connectivity index (χ2v) is 3.95. The molecule has 0 bridgehead atoms. The van der Waals surface area contributed by atoms with E-state index in [9.17, 15) is 4.39 Å². The highest BCUT2D eigenvalue weighted by Crippen LogP contribution is 2.26. The first-order valence-electron chi connectivity index (χ1n) is 5.97. The molecule has 0 atom stereocenters. The first-order chi connectivity index (χ1) is 9.71. The van der Waals surface area contributed by atoms with E-state index in [1.165, 1.54) is 18.5 Å². The van der Waals surface area contributed by atoms with E-state index in [4.69, 9.17) is 11.1 Å². The van der Waals surface area contributed by atoms with Gasteiger partial charge >= 0.3 is 0 Å².